The fourth-order valence-corrected chi connectivity index (χ4v) is 4.65. The van der Waals surface area contributed by atoms with Gasteiger partial charge in [-0.2, -0.15) is 0 Å². The lowest BCUT2D eigenvalue weighted by Gasteiger charge is -2.09. The Labute approximate surface area is 171 Å². The maximum Gasteiger partial charge on any atom is 0.263 e. The number of thiazole rings is 1. The number of anilines is 3. The van der Waals surface area contributed by atoms with Crippen LogP contribution in [-0.4, -0.2) is 34.0 Å². The second-order valence-electron chi connectivity index (χ2n) is 5.88. The molecule has 0 atom stereocenters. The Kier molecular flexibility index (Phi) is 5.86. The second-order valence-corrected chi connectivity index (χ2v) is 10.2. The van der Waals surface area contributed by atoms with Gasteiger partial charge in [-0.25, -0.2) is 21.8 Å². The molecule has 0 bridgehead atoms. The van der Waals surface area contributed by atoms with E-state index in [0.29, 0.717) is 5.69 Å². The van der Waals surface area contributed by atoms with Crippen LogP contribution >= 0.6 is 11.3 Å². The maximum absolute atomic E-state index is 12.4. The number of nitrogens with zero attached hydrogens (tertiary/aromatic N) is 1. The molecule has 29 heavy (non-hydrogen) atoms. The normalized spacial score (nSPS) is 11.6. The highest BCUT2D eigenvalue weighted by molar-refractivity contribution is 7.93. The van der Waals surface area contributed by atoms with Crippen LogP contribution in [0.3, 0.4) is 0 Å². The van der Waals surface area contributed by atoms with E-state index in [0.717, 1.165) is 17.6 Å². The summed E-state index contributed by atoms with van der Waals surface area (Å²) in [6.45, 7) is 0. The Hall–Kier alpha value is -2.96. The summed E-state index contributed by atoms with van der Waals surface area (Å²) >= 11 is 1.16. The van der Waals surface area contributed by atoms with Crippen molar-refractivity contribution in [3.8, 4) is 0 Å². The number of hydrogen-bond acceptors (Lipinski definition) is 7. The molecule has 3 N–H and O–H groups in total. The summed E-state index contributed by atoms with van der Waals surface area (Å²) in [5.74, 6) is -0.473. The molecule has 0 saturated carbocycles. The third-order valence-electron chi connectivity index (χ3n) is 3.50. The van der Waals surface area contributed by atoms with E-state index in [4.69, 9.17) is 0 Å². The Balaban J connectivity index is 1.71. The molecule has 2 aromatic carbocycles. The van der Waals surface area contributed by atoms with Crippen LogP contribution in [0.1, 0.15) is 10.4 Å². The first kappa shape index (κ1) is 20.8. The quantitative estimate of drug-likeness (QED) is 0.504. The molecule has 3 aromatic rings. The average molecular weight is 453 g/mol. The molecule has 3 rings (SSSR count). The van der Waals surface area contributed by atoms with Crippen LogP contribution < -0.4 is 14.8 Å². The van der Waals surface area contributed by atoms with Gasteiger partial charge in [-0.1, -0.05) is 6.07 Å². The van der Waals surface area contributed by atoms with Crippen molar-refractivity contribution in [3.63, 3.8) is 0 Å². The molecule has 0 aliphatic rings. The van der Waals surface area contributed by atoms with Gasteiger partial charge in [0.2, 0.25) is 10.0 Å². The first-order chi connectivity index (χ1) is 13.6. The lowest BCUT2D eigenvalue weighted by Crippen LogP contribution is -2.15. The van der Waals surface area contributed by atoms with Crippen molar-refractivity contribution in [2.24, 2.45) is 0 Å². The largest absolute Gasteiger partial charge is 0.322 e. The fraction of sp³-hybridized carbons (Fsp3) is 0.0588. The Bertz CT molecular complexity index is 1220. The smallest absolute Gasteiger partial charge is 0.263 e. The van der Waals surface area contributed by atoms with Gasteiger partial charge in [-0.3, -0.25) is 14.2 Å². The van der Waals surface area contributed by atoms with Crippen molar-refractivity contribution in [2.45, 2.75) is 4.90 Å². The summed E-state index contributed by atoms with van der Waals surface area (Å²) < 4.78 is 51.9. The highest BCUT2D eigenvalue weighted by atomic mass is 32.2. The van der Waals surface area contributed by atoms with E-state index in [1.807, 2.05) is 0 Å². The van der Waals surface area contributed by atoms with Crippen molar-refractivity contribution in [1.82, 2.24) is 4.98 Å². The predicted octanol–water partition coefficient (Wildman–Crippen LogP) is 2.57. The van der Waals surface area contributed by atoms with Gasteiger partial charge in [0, 0.05) is 28.5 Å². The van der Waals surface area contributed by atoms with Crippen molar-refractivity contribution in [3.05, 3.63) is 65.7 Å². The summed E-state index contributed by atoms with van der Waals surface area (Å²) in [6.07, 6.45) is 2.50. The molecule has 1 amide bonds. The van der Waals surface area contributed by atoms with Crippen molar-refractivity contribution in [2.75, 3.05) is 21.0 Å². The number of carbonyl (C=O) groups excluding carboxylic acids is 1. The minimum atomic E-state index is -3.78. The van der Waals surface area contributed by atoms with Crippen molar-refractivity contribution >= 4 is 53.8 Å². The summed E-state index contributed by atoms with van der Waals surface area (Å²) in [4.78, 5) is 16.3. The molecule has 0 aliphatic heterocycles. The SMILES string of the molecule is CS(=O)(=O)Nc1cccc(C(=O)Nc2ccc(S(=O)(=O)Nc3nccs3)cc2)c1. The zero-order valence-corrected chi connectivity index (χ0v) is 17.4. The van der Waals surface area contributed by atoms with Gasteiger partial charge in [0.15, 0.2) is 5.13 Å². The third kappa shape index (κ3) is 5.76. The molecule has 9 nitrogen and oxygen atoms in total. The van der Waals surface area contributed by atoms with Crippen LogP contribution in [0.4, 0.5) is 16.5 Å². The molecule has 1 heterocycles. The van der Waals surface area contributed by atoms with E-state index >= 15 is 0 Å². The molecule has 0 radical (unpaired) electrons. The summed E-state index contributed by atoms with van der Waals surface area (Å²) in [5.41, 5.74) is 0.875. The Morgan fingerprint density at radius 3 is 2.31 bits per heavy atom. The number of benzene rings is 2. The van der Waals surface area contributed by atoms with E-state index in [9.17, 15) is 21.6 Å². The zero-order chi connectivity index (χ0) is 21.1. The number of amides is 1. The molecule has 1 aromatic heterocycles. The zero-order valence-electron chi connectivity index (χ0n) is 15.0. The molecule has 12 heteroatoms. The van der Waals surface area contributed by atoms with Crippen molar-refractivity contribution in [1.29, 1.82) is 0 Å². The van der Waals surface area contributed by atoms with E-state index in [1.165, 1.54) is 48.7 Å². The number of rotatable bonds is 7. The minimum absolute atomic E-state index is 0.0186. The van der Waals surface area contributed by atoms with E-state index in [1.54, 1.807) is 11.4 Å². The highest BCUT2D eigenvalue weighted by Gasteiger charge is 2.16. The van der Waals surface area contributed by atoms with Crippen LogP contribution in [0.25, 0.3) is 0 Å². The topological polar surface area (TPSA) is 134 Å². The minimum Gasteiger partial charge on any atom is -0.322 e. The third-order valence-corrected chi connectivity index (χ3v) is 6.28. The van der Waals surface area contributed by atoms with Gasteiger partial charge < -0.3 is 5.32 Å². The molecule has 0 unspecified atom stereocenters. The summed E-state index contributed by atoms with van der Waals surface area (Å²) in [6, 6.07) is 11.6. The second kappa shape index (κ2) is 8.19. The summed E-state index contributed by atoms with van der Waals surface area (Å²) in [5, 5.41) is 4.54. The van der Waals surface area contributed by atoms with Crippen LogP contribution in [-0.2, 0) is 20.0 Å². The lowest BCUT2D eigenvalue weighted by atomic mass is 10.2. The number of sulfonamides is 2. The van der Waals surface area contributed by atoms with Gasteiger partial charge in [0.05, 0.1) is 11.2 Å². The lowest BCUT2D eigenvalue weighted by molar-refractivity contribution is 0.102. The van der Waals surface area contributed by atoms with Crippen molar-refractivity contribution < 1.29 is 21.6 Å². The molecular formula is C17H16N4O5S3. The highest BCUT2D eigenvalue weighted by Crippen LogP contribution is 2.20. The van der Waals surface area contributed by atoms with Crippen LogP contribution in [0, 0.1) is 0 Å². The first-order valence-corrected chi connectivity index (χ1v) is 12.3. The molecule has 152 valence electrons. The van der Waals surface area contributed by atoms with E-state index in [2.05, 4.69) is 19.7 Å². The van der Waals surface area contributed by atoms with Crippen LogP contribution in [0.2, 0.25) is 0 Å². The Morgan fingerprint density at radius 1 is 0.966 bits per heavy atom. The molecule has 0 saturated heterocycles. The maximum atomic E-state index is 12.4. The van der Waals surface area contributed by atoms with Gasteiger partial charge in [-0.05, 0) is 42.5 Å². The average Bonchev–Trinajstić information content (AvgIpc) is 3.13. The van der Waals surface area contributed by atoms with Gasteiger partial charge in [0.25, 0.3) is 15.9 Å². The Morgan fingerprint density at radius 2 is 1.69 bits per heavy atom. The van der Waals surface area contributed by atoms with Gasteiger partial charge >= 0.3 is 0 Å². The molecule has 0 spiro atoms. The van der Waals surface area contributed by atoms with E-state index < -0.39 is 26.0 Å². The van der Waals surface area contributed by atoms with Crippen LogP contribution in [0.15, 0.2) is 65.0 Å². The standard InChI is InChI=1S/C17H16N4O5S3/c1-28(23,24)20-14-4-2-3-12(11-14)16(22)19-13-5-7-15(8-6-13)29(25,26)21-17-18-9-10-27-17/h2-11,20H,1H3,(H,18,21)(H,19,22). The number of carbonyl (C=O) groups is 1. The number of nitrogens with one attached hydrogen (secondary N) is 3. The molecular weight excluding hydrogens is 436 g/mol. The van der Waals surface area contributed by atoms with Gasteiger partial charge in [0.1, 0.15) is 0 Å². The number of hydrogen-bond donors (Lipinski definition) is 3. The predicted molar refractivity (Wildman–Crippen MR) is 112 cm³/mol. The first-order valence-electron chi connectivity index (χ1n) is 8.04. The summed E-state index contributed by atoms with van der Waals surface area (Å²) in [7, 11) is -7.25. The molecule has 0 fully saturated rings. The van der Waals surface area contributed by atoms with Gasteiger partial charge in [-0.15, -0.1) is 11.3 Å². The van der Waals surface area contributed by atoms with Crippen LogP contribution in [0.5, 0.6) is 0 Å². The molecule has 0 aliphatic carbocycles. The van der Waals surface area contributed by atoms with E-state index in [-0.39, 0.29) is 21.3 Å². The monoisotopic (exact) mass is 452 g/mol. The number of aromatic nitrogens is 1. The fourth-order valence-electron chi connectivity index (χ4n) is 2.31.